The molecule has 0 aliphatic carbocycles. The zero-order chi connectivity index (χ0) is 19.1. The molecule has 0 aliphatic rings. The summed E-state index contributed by atoms with van der Waals surface area (Å²) in [6.07, 6.45) is 3.12. The summed E-state index contributed by atoms with van der Waals surface area (Å²) >= 11 is 0. The van der Waals surface area contributed by atoms with E-state index in [1.165, 1.54) is 18.2 Å². The lowest BCUT2D eigenvalue weighted by molar-refractivity contribution is -0.118. The Balaban J connectivity index is 1.64. The normalized spacial score (nSPS) is 10.1. The molecule has 0 aliphatic heterocycles. The van der Waals surface area contributed by atoms with E-state index in [0.717, 1.165) is 0 Å². The summed E-state index contributed by atoms with van der Waals surface area (Å²) in [5, 5.41) is 5.15. The van der Waals surface area contributed by atoms with Crippen LogP contribution >= 0.6 is 0 Å². The largest absolute Gasteiger partial charge is 0.483 e. The maximum atomic E-state index is 13.6. The third-order valence-electron chi connectivity index (χ3n) is 3.58. The van der Waals surface area contributed by atoms with Gasteiger partial charge in [-0.1, -0.05) is 24.3 Å². The quantitative estimate of drug-likeness (QED) is 0.701. The molecule has 3 rings (SSSR count). The van der Waals surface area contributed by atoms with Crippen molar-refractivity contribution >= 4 is 23.2 Å². The van der Waals surface area contributed by atoms with E-state index in [1.807, 2.05) is 0 Å². The first-order valence-electron chi connectivity index (χ1n) is 8.11. The Morgan fingerprint density at radius 3 is 2.41 bits per heavy atom. The van der Waals surface area contributed by atoms with Crippen molar-refractivity contribution in [3.05, 3.63) is 84.4 Å². The van der Waals surface area contributed by atoms with Crippen molar-refractivity contribution in [3.63, 3.8) is 0 Å². The van der Waals surface area contributed by atoms with E-state index in [0.29, 0.717) is 5.69 Å². The first kappa shape index (κ1) is 18.1. The summed E-state index contributed by atoms with van der Waals surface area (Å²) in [5.74, 6) is -1.22. The van der Waals surface area contributed by atoms with Gasteiger partial charge in [-0.25, -0.2) is 4.39 Å². The SMILES string of the molecule is O=C(COc1ccccc1C(=O)Nc1ccncc1)Nc1ccccc1F. The van der Waals surface area contributed by atoms with Crippen LogP contribution in [0.4, 0.5) is 15.8 Å². The van der Waals surface area contributed by atoms with Crippen molar-refractivity contribution in [3.8, 4) is 5.75 Å². The van der Waals surface area contributed by atoms with Gasteiger partial charge < -0.3 is 15.4 Å². The van der Waals surface area contributed by atoms with Crippen molar-refractivity contribution in [2.75, 3.05) is 17.2 Å². The number of carbonyl (C=O) groups excluding carboxylic acids is 2. The van der Waals surface area contributed by atoms with Crippen LogP contribution in [-0.4, -0.2) is 23.4 Å². The number of amides is 2. The topological polar surface area (TPSA) is 80.3 Å². The number of halogens is 1. The fourth-order valence-corrected chi connectivity index (χ4v) is 2.31. The zero-order valence-corrected chi connectivity index (χ0v) is 14.2. The third-order valence-corrected chi connectivity index (χ3v) is 3.58. The molecule has 2 aromatic carbocycles. The molecule has 1 aromatic heterocycles. The van der Waals surface area contributed by atoms with Gasteiger partial charge in [-0.3, -0.25) is 14.6 Å². The van der Waals surface area contributed by atoms with E-state index in [4.69, 9.17) is 4.74 Å². The molecule has 2 N–H and O–H groups in total. The second-order valence-electron chi connectivity index (χ2n) is 5.50. The van der Waals surface area contributed by atoms with E-state index in [1.54, 1.807) is 54.9 Å². The minimum absolute atomic E-state index is 0.0646. The lowest BCUT2D eigenvalue weighted by atomic mass is 10.2. The molecule has 0 spiro atoms. The Bertz CT molecular complexity index is 948. The summed E-state index contributed by atoms with van der Waals surface area (Å²) in [4.78, 5) is 28.3. The molecular formula is C20H16FN3O3. The second kappa shape index (κ2) is 8.57. The molecule has 7 heteroatoms. The molecule has 2 amide bonds. The average Bonchev–Trinajstić information content (AvgIpc) is 2.69. The van der Waals surface area contributed by atoms with Crippen LogP contribution in [0.3, 0.4) is 0 Å². The fourth-order valence-electron chi connectivity index (χ4n) is 2.31. The number of rotatable bonds is 6. The van der Waals surface area contributed by atoms with Gasteiger partial charge in [0.15, 0.2) is 6.61 Å². The van der Waals surface area contributed by atoms with Gasteiger partial charge in [0.25, 0.3) is 11.8 Å². The molecule has 0 radical (unpaired) electrons. The molecule has 0 atom stereocenters. The number of ether oxygens (including phenoxy) is 1. The minimum atomic E-state index is -0.539. The lowest BCUT2D eigenvalue weighted by Gasteiger charge is -2.12. The summed E-state index contributed by atoms with van der Waals surface area (Å²) in [5.41, 5.74) is 0.921. The molecular weight excluding hydrogens is 349 g/mol. The molecule has 27 heavy (non-hydrogen) atoms. The number of para-hydroxylation sites is 2. The van der Waals surface area contributed by atoms with Crippen LogP contribution in [0.25, 0.3) is 0 Å². The van der Waals surface area contributed by atoms with Gasteiger partial charge in [0, 0.05) is 18.1 Å². The van der Waals surface area contributed by atoms with E-state index >= 15 is 0 Å². The van der Waals surface area contributed by atoms with Gasteiger partial charge >= 0.3 is 0 Å². The molecule has 136 valence electrons. The Labute approximate surface area is 155 Å². The summed E-state index contributed by atoms with van der Waals surface area (Å²) in [6.45, 7) is -0.367. The minimum Gasteiger partial charge on any atom is -0.483 e. The number of aromatic nitrogens is 1. The number of carbonyl (C=O) groups is 2. The molecule has 0 fully saturated rings. The maximum Gasteiger partial charge on any atom is 0.262 e. The van der Waals surface area contributed by atoms with Crippen LogP contribution in [0, 0.1) is 5.82 Å². The van der Waals surface area contributed by atoms with Crippen LogP contribution in [0.15, 0.2) is 73.1 Å². The summed E-state index contributed by atoms with van der Waals surface area (Å²) < 4.78 is 19.0. The predicted octanol–water partition coefficient (Wildman–Crippen LogP) is 3.49. The lowest BCUT2D eigenvalue weighted by Crippen LogP contribution is -2.22. The highest BCUT2D eigenvalue weighted by atomic mass is 19.1. The smallest absolute Gasteiger partial charge is 0.262 e. The van der Waals surface area contributed by atoms with Gasteiger partial charge in [0.2, 0.25) is 0 Å². The Hall–Kier alpha value is -3.74. The van der Waals surface area contributed by atoms with Crippen LogP contribution < -0.4 is 15.4 Å². The van der Waals surface area contributed by atoms with Crippen molar-refractivity contribution in [2.45, 2.75) is 0 Å². The third kappa shape index (κ3) is 4.88. The molecule has 0 saturated heterocycles. The summed E-state index contributed by atoms with van der Waals surface area (Å²) in [6, 6.07) is 15.7. The summed E-state index contributed by atoms with van der Waals surface area (Å²) in [7, 11) is 0. The van der Waals surface area contributed by atoms with Crippen molar-refractivity contribution in [1.82, 2.24) is 4.98 Å². The maximum absolute atomic E-state index is 13.6. The highest BCUT2D eigenvalue weighted by molar-refractivity contribution is 6.06. The molecule has 3 aromatic rings. The number of nitrogens with zero attached hydrogens (tertiary/aromatic N) is 1. The first-order chi connectivity index (χ1) is 13.1. The molecule has 1 heterocycles. The van der Waals surface area contributed by atoms with Crippen molar-refractivity contribution in [1.29, 1.82) is 0 Å². The Kier molecular flexibility index (Phi) is 5.73. The van der Waals surface area contributed by atoms with E-state index in [2.05, 4.69) is 15.6 Å². The van der Waals surface area contributed by atoms with Gasteiger partial charge in [-0.2, -0.15) is 0 Å². The predicted molar refractivity (Wildman–Crippen MR) is 99.2 cm³/mol. The number of hydrogen-bond acceptors (Lipinski definition) is 4. The second-order valence-corrected chi connectivity index (χ2v) is 5.50. The molecule has 0 unspecified atom stereocenters. The van der Waals surface area contributed by atoms with Crippen molar-refractivity contribution in [2.24, 2.45) is 0 Å². The molecule has 0 saturated carbocycles. The Morgan fingerprint density at radius 2 is 1.63 bits per heavy atom. The molecule has 0 bridgehead atoms. The average molecular weight is 365 g/mol. The van der Waals surface area contributed by atoms with Gasteiger partial charge in [-0.05, 0) is 36.4 Å². The highest BCUT2D eigenvalue weighted by Crippen LogP contribution is 2.20. The van der Waals surface area contributed by atoms with E-state index < -0.39 is 11.7 Å². The monoisotopic (exact) mass is 365 g/mol. The zero-order valence-electron chi connectivity index (χ0n) is 14.2. The van der Waals surface area contributed by atoms with Crippen LogP contribution in [0.5, 0.6) is 5.75 Å². The Morgan fingerprint density at radius 1 is 0.926 bits per heavy atom. The number of benzene rings is 2. The highest BCUT2D eigenvalue weighted by Gasteiger charge is 2.14. The van der Waals surface area contributed by atoms with Crippen LogP contribution in [-0.2, 0) is 4.79 Å². The standard InChI is InChI=1S/C20H16FN3O3/c21-16-6-2-3-7-17(16)24-19(25)13-27-18-8-4-1-5-15(18)20(26)23-14-9-11-22-12-10-14/h1-12H,13H2,(H,24,25)(H,22,23,26). The van der Waals surface area contributed by atoms with E-state index in [9.17, 15) is 14.0 Å². The van der Waals surface area contributed by atoms with Gasteiger partial charge in [0.05, 0.1) is 11.3 Å². The number of anilines is 2. The van der Waals surface area contributed by atoms with Crippen LogP contribution in [0.1, 0.15) is 10.4 Å². The number of pyridine rings is 1. The first-order valence-corrected chi connectivity index (χ1v) is 8.11. The van der Waals surface area contributed by atoms with Gasteiger partial charge in [0.1, 0.15) is 11.6 Å². The van der Waals surface area contributed by atoms with Crippen LogP contribution in [0.2, 0.25) is 0 Å². The van der Waals surface area contributed by atoms with Crippen molar-refractivity contribution < 1.29 is 18.7 Å². The number of nitrogens with one attached hydrogen (secondary N) is 2. The fraction of sp³-hybridized carbons (Fsp3) is 0.0500. The molecule has 6 nitrogen and oxygen atoms in total. The van der Waals surface area contributed by atoms with E-state index in [-0.39, 0.29) is 29.5 Å². The van der Waals surface area contributed by atoms with Gasteiger partial charge in [-0.15, -0.1) is 0 Å². The number of hydrogen-bond donors (Lipinski definition) is 2.